The number of carbonyl (C=O) groups is 4. The highest BCUT2D eigenvalue weighted by atomic mass is 32.2. The highest BCUT2D eigenvalue weighted by molar-refractivity contribution is 7.91. The largest absolute Gasteiger partial charge is 0.471 e. The molecule has 0 radical (unpaired) electrons. The van der Waals surface area contributed by atoms with E-state index in [-0.39, 0.29) is 42.9 Å². The van der Waals surface area contributed by atoms with Gasteiger partial charge in [0.15, 0.2) is 11.5 Å². The molecule has 1 saturated heterocycles. The molecule has 1 unspecified atom stereocenters. The summed E-state index contributed by atoms with van der Waals surface area (Å²) in [4.78, 5) is 65.9. The predicted molar refractivity (Wildman–Crippen MR) is 187 cm³/mol. The monoisotopic (exact) mass is 751 g/mol. The Bertz CT molecular complexity index is 2120. The molecule has 2 aliphatic heterocycles. The van der Waals surface area contributed by atoms with E-state index in [0.717, 1.165) is 12.8 Å². The number of nitrogens with one attached hydrogen (secondary N) is 3. The lowest BCUT2D eigenvalue weighted by Crippen LogP contribution is -2.58. The zero-order valence-electron chi connectivity index (χ0n) is 29.7. The van der Waals surface area contributed by atoms with E-state index >= 15 is 0 Å². The van der Waals surface area contributed by atoms with Gasteiger partial charge in [-0.25, -0.2) is 22.8 Å². The van der Waals surface area contributed by atoms with Crippen molar-refractivity contribution in [2.45, 2.75) is 107 Å². The Morgan fingerprint density at radius 1 is 1.13 bits per heavy atom. The summed E-state index contributed by atoms with van der Waals surface area (Å²) in [5, 5.41) is 9.38. The normalized spacial score (nSPS) is 27.7. The average Bonchev–Trinajstić information content (AvgIpc) is 3.91. The number of amides is 4. The van der Waals surface area contributed by atoms with Crippen LogP contribution in [0.15, 0.2) is 40.9 Å². The molecule has 2 saturated carbocycles. The number of para-hydroxylation sites is 1. The maximum atomic E-state index is 14.7. The average molecular weight is 752 g/mol. The van der Waals surface area contributed by atoms with E-state index in [0.29, 0.717) is 42.7 Å². The van der Waals surface area contributed by atoms with Gasteiger partial charge in [-0.3, -0.25) is 23.9 Å². The first-order valence-corrected chi connectivity index (χ1v) is 19.4. The molecule has 282 valence electrons. The fourth-order valence-electron chi connectivity index (χ4n) is 7.04. The third kappa shape index (κ3) is 7.22. The Labute approximate surface area is 305 Å². The molecular weight excluding hydrogens is 710 g/mol. The molecule has 3 N–H and O–H groups in total. The molecule has 0 spiro atoms. The lowest BCUT2D eigenvalue weighted by molar-refractivity contribution is -0.141. The van der Waals surface area contributed by atoms with Crippen molar-refractivity contribution in [2.24, 2.45) is 5.92 Å². The molecule has 0 bridgehead atoms. The van der Waals surface area contributed by atoms with Gasteiger partial charge in [-0.05, 0) is 71.4 Å². The Hall–Kier alpha value is -4.93. The molecule has 3 fully saturated rings. The van der Waals surface area contributed by atoms with Crippen LogP contribution >= 0.6 is 0 Å². The molecule has 15 nitrogen and oxygen atoms in total. The minimum atomic E-state index is -4.01. The van der Waals surface area contributed by atoms with E-state index in [9.17, 15) is 32.0 Å². The van der Waals surface area contributed by atoms with Crippen molar-refractivity contribution in [3.63, 3.8) is 0 Å². The Balaban J connectivity index is 1.20. The van der Waals surface area contributed by atoms with Crippen molar-refractivity contribution in [3.05, 3.63) is 59.4 Å². The third-order valence-corrected chi connectivity index (χ3v) is 12.9. The van der Waals surface area contributed by atoms with E-state index in [1.807, 2.05) is 12.2 Å². The maximum absolute atomic E-state index is 14.7. The second-order valence-electron chi connectivity index (χ2n) is 14.8. The highest BCUT2D eigenvalue weighted by Crippen LogP contribution is 2.47. The first kappa shape index (κ1) is 36.4. The summed E-state index contributed by atoms with van der Waals surface area (Å²) < 4.78 is 53.3. The van der Waals surface area contributed by atoms with Crippen LogP contribution in [-0.4, -0.2) is 87.1 Å². The van der Waals surface area contributed by atoms with Gasteiger partial charge >= 0.3 is 0 Å². The molecule has 2 aliphatic carbocycles. The summed E-state index contributed by atoms with van der Waals surface area (Å²) in [7, 11) is -4.01. The van der Waals surface area contributed by atoms with Gasteiger partial charge in [-0.1, -0.05) is 36.2 Å². The molecule has 3 aromatic rings. The first-order valence-electron chi connectivity index (χ1n) is 17.9. The molecule has 1 aromatic carbocycles. The summed E-state index contributed by atoms with van der Waals surface area (Å²) in [6, 6.07) is 3.60. The molecule has 7 rings (SSSR count). The van der Waals surface area contributed by atoms with Gasteiger partial charge in [0, 0.05) is 18.4 Å². The van der Waals surface area contributed by atoms with E-state index < -0.39 is 73.9 Å². The molecule has 5 atom stereocenters. The van der Waals surface area contributed by atoms with Crippen LogP contribution in [0.4, 0.5) is 4.39 Å². The number of halogens is 1. The van der Waals surface area contributed by atoms with Crippen LogP contribution < -0.4 is 20.1 Å². The number of aryl methyl sites for hydroxylation is 2. The standard InChI is InChI=1S/C36H42FN7O8S/c1-20-16-27(42-52-20)30(45)39-26-12-8-6-4-5-7-10-22-18-36(22,34(48)43-53(49,50)35(3)14-15-35)41-31(46)28-17-23(19-44(28)33(26)47)51-32-21(2)38-25-13-9-11-24(37)29(25)40-32/h7,9-11,13,16,22-23,26,28H,4-6,8,12,14-15,17-19H2,1-3H3,(H,39,45)(H,41,46)(H,43,48)/b10-7-/t22?,23-,26+,28+,36-/m1/s1. The van der Waals surface area contributed by atoms with Crippen LogP contribution in [0.25, 0.3) is 11.0 Å². The third-order valence-electron chi connectivity index (χ3n) is 10.7. The van der Waals surface area contributed by atoms with Crippen LogP contribution in [0.2, 0.25) is 0 Å². The molecule has 2 aromatic heterocycles. The van der Waals surface area contributed by atoms with Crippen LogP contribution in [0.1, 0.15) is 86.7 Å². The lowest BCUT2D eigenvalue weighted by atomic mass is 10.0. The van der Waals surface area contributed by atoms with E-state index in [1.54, 1.807) is 26.8 Å². The number of sulfonamides is 1. The summed E-state index contributed by atoms with van der Waals surface area (Å²) in [6.07, 6.45) is 6.87. The van der Waals surface area contributed by atoms with Crippen LogP contribution in [-0.2, 0) is 24.4 Å². The second-order valence-corrected chi connectivity index (χ2v) is 17.0. The van der Waals surface area contributed by atoms with Crippen LogP contribution in [0, 0.1) is 25.6 Å². The number of aromatic nitrogens is 3. The number of hydrogen-bond donors (Lipinski definition) is 3. The van der Waals surface area contributed by atoms with Crippen molar-refractivity contribution in [1.82, 2.24) is 35.4 Å². The van der Waals surface area contributed by atoms with Gasteiger partial charge in [0.05, 0.1) is 16.8 Å². The fourth-order valence-corrected chi connectivity index (χ4v) is 8.35. The number of hydrogen-bond acceptors (Lipinski definition) is 11. The van der Waals surface area contributed by atoms with Crippen molar-refractivity contribution in [2.75, 3.05) is 6.54 Å². The van der Waals surface area contributed by atoms with E-state index in [2.05, 4.69) is 30.5 Å². The van der Waals surface area contributed by atoms with E-state index in [4.69, 9.17) is 9.26 Å². The SMILES string of the molecule is Cc1cc(C(=O)N[C@H]2CCCCC/C=C\C3C[C@@]3(C(=O)NS(=O)(=O)C3(C)CC3)NC(=O)[C@@H]3C[C@@H](Oc4nc5c(F)cccc5nc4C)CN3C2=O)no1. The van der Waals surface area contributed by atoms with Gasteiger partial charge in [0.1, 0.15) is 40.7 Å². The zero-order chi connectivity index (χ0) is 37.7. The van der Waals surface area contributed by atoms with E-state index in [1.165, 1.54) is 23.1 Å². The Kier molecular flexibility index (Phi) is 9.49. The minimum Gasteiger partial charge on any atom is -0.471 e. The van der Waals surface area contributed by atoms with Crippen molar-refractivity contribution in [3.8, 4) is 5.88 Å². The number of benzene rings is 1. The minimum absolute atomic E-state index is 0.00331. The molecule has 4 amide bonds. The first-order chi connectivity index (χ1) is 25.2. The number of fused-ring (bicyclic) bond motifs is 3. The number of rotatable bonds is 7. The number of allylic oxidation sites excluding steroid dienone is 1. The summed E-state index contributed by atoms with van der Waals surface area (Å²) in [5.41, 5.74) is -0.871. The number of carbonyl (C=O) groups excluding carboxylic acids is 4. The van der Waals surface area contributed by atoms with Gasteiger partial charge in [0.25, 0.3) is 11.8 Å². The quantitative estimate of drug-likeness (QED) is 0.300. The molecule has 17 heteroatoms. The van der Waals surface area contributed by atoms with Crippen LogP contribution in [0.5, 0.6) is 5.88 Å². The van der Waals surface area contributed by atoms with Gasteiger partial charge in [-0.2, -0.15) is 0 Å². The topological polar surface area (TPSA) is 203 Å². The Morgan fingerprint density at radius 2 is 1.92 bits per heavy atom. The Morgan fingerprint density at radius 3 is 2.66 bits per heavy atom. The smallest absolute Gasteiger partial charge is 0.274 e. The number of nitrogens with zero attached hydrogens (tertiary/aromatic N) is 4. The molecule has 4 aliphatic rings. The fraction of sp³-hybridized carbons (Fsp3) is 0.528. The van der Waals surface area contributed by atoms with Crippen molar-refractivity contribution < 1.29 is 41.2 Å². The summed E-state index contributed by atoms with van der Waals surface area (Å²) in [5.74, 6) is -3.33. The molecule has 53 heavy (non-hydrogen) atoms. The lowest BCUT2D eigenvalue weighted by Gasteiger charge is -2.30. The molecular formula is C36H42FN7O8S. The summed E-state index contributed by atoms with van der Waals surface area (Å²) >= 11 is 0. The summed E-state index contributed by atoms with van der Waals surface area (Å²) in [6.45, 7) is 4.74. The molecule has 4 heterocycles. The maximum Gasteiger partial charge on any atom is 0.274 e. The van der Waals surface area contributed by atoms with Gasteiger partial charge < -0.3 is 24.8 Å². The van der Waals surface area contributed by atoms with Gasteiger partial charge in [-0.15, -0.1) is 0 Å². The highest BCUT2D eigenvalue weighted by Gasteiger charge is 2.63. The second kappa shape index (κ2) is 13.8. The zero-order valence-corrected chi connectivity index (χ0v) is 30.5. The van der Waals surface area contributed by atoms with Crippen molar-refractivity contribution >= 4 is 44.7 Å². The van der Waals surface area contributed by atoms with Crippen molar-refractivity contribution in [1.29, 1.82) is 0 Å². The predicted octanol–water partition coefficient (Wildman–Crippen LogP) is 2.91. The van der Waals surface area contributed by atoms with Crippen LogP contribution in [0.3, 0.4) is 0 Å². The number of ether oxygens (including phenoxy) is 1. The van der Waals surface area contributed by atoms with Gasteiger partial charge in [0.2, 0.25) is 27.7 Å².